The predicted molar refractivity (Wildman–Crippen MR) is 54.3 cm³/mol. The molecule has 1 heterocycles. The van der Waals surface area contributed by atoms with Gasteiger partial charge < -0.3 is 9.84 Å². The fourth-order valence-corrected chi connectivity index (χ4v) is 1.67. The van der Waals surface area contributed by atoms with Gasteiger partial charge in [0.15, 0.2) is 6.23 Å². The van der Waals surface area contributed by atoms with Crippen LogP contribution in [0.1, 0.15) is 6.92 Å². The molecule has 1 amide bonds. The number of hydrogen-bond acceptors (Lipinski definition) is 5. The number of hydrogen-bond donors (Lipinski definition) is 2. The molecule has 0 aromatic heterocycles. The molecule has 1 aliphatic rings. The molecule has 1 atom stereocenters. The highest BCUT2D eigenvalue weighted by Crippen LogP contribution is 2.25. The van der Waals surface area contributed by atoms with E-state index in [9.17, 15) is 4.79 Å². The van der Waals surface area contributed by atoms with Crippen LogP contribution >= 0.6 is 11.8 Å². The second kappa shape index (κ2) is 7.27. The summed E-state index contributed by atoms with van der Waals surface area (Å²) in [4.78, 5) is 20.1. The zero-order chi connectivity index (χ0) is 11.8. The lowest BCUT2D eigenvalue weighted by Gasteiger charge is -2.14. The summed E-state index contributed by atoms with van der Waals surface area (Å²) in [6.07, 6.45) is 0.989. The number of methoxy groups -OCH3 is 1. The molecule has 2 N–H and O–H groups in total. The number of carbonyl (C=O) groups is 2. The second-order valence-electron chi connectivity index (χ2n) is 2.35. The zero-order valence-corrected chi connectivity index (χ0v) is 9.23. The average Bonchev–Trinajstić information content (AvgIpc) is 2.48. The first-order valence-corrected chi connectivity index (χ1v) is 5.08. The average molecular weight is 235 g/mol. The van der Waals surface area contributed by atoms with Gasteiger partial charge in [-0.05, 0) is 11.8 Å². The Morgan fingerprint density at radius 1 is 1.73 bits per heavy atom. The van der Waals surface area contributed by atoms with Crippen LogP contribution in [0.5, 0.6) is 0 Å². The fourth-order valence-electron chi connectivity index (χ4n) is 0.933. The topological polar surface area (TPSA) is 87.1 Å². The lowest BCUT2D eigenvalue weighted by atomic mass is 10.5. The summed E-state index contributed by atoms with van der Waals surface area (Å²) in [5.74, 6) is 0.427. The molecule has 0 radical (unpaired) electrons. The highest BCUT2D eigenvalue weighted by Gasteiger charge is 2.31. The van der Waals surface area contributed by atoms with Crippen LogP contribution < -0.4 is 0 Å². The van der Waals surface area contributed by atoms with Gasteiger partial charge in [0.1, 0.15) is 0 Å². The molecule has 0 saturated heterocycles. The van der Waals surface area contributed by atoms with E-state index in [0.29, 0.717) is 9.97 Å². The SMILES string of the molecule is CCSC1=CC(OC)N(O)C1=O.O=CO. The van der Waals surface area contributed by atoms with Crippen LogP contribution in [0.3, 0.4) is 0 Å². The molecular weight excluding hydrogens is 222 g/mol. The maximum absolute atomic E-state index is 11.2. The molecule has 86 valence electrons. The molecule has 0 bridgehead atoms. The molecule has 0 aromatic rings. The largest absolute Gasteiger partial charge is 0.483 e. The van der Waals surface area contributed by atoms with Crippen molar-refractivity contribution in [1.29, 1.82) is 0 Å². The van der Waals surface area contributed by atoms with E-state index in [4.69, 9.17) is 19.8 Å². The number of carbonyl (C=O) groups excluding carboxylic acids is 1. The van der Waals surface area contributed by atoms with Crippen LogP contribution in [0.25, 0.3) is 0 Å². The van der Waals surface area contributed by atoms with E-state index in [1.807, 2.05) is 6.92 Å². The Kier molecular flexibility index (Phi) is 6.76. The third-order valence-corrected chi connectivity index (χ3v) is 2.41. The highest BCUT2D eigenvalue weighted by atomic mass is 32.2. The second-order valence-corrected chi connectivity index (χ2v) is 3.65. The summed E-state index contributed by atoms with van der Waals surface area (Å²) >= 11 is 1.40. The van der Waals surface area contributed by atoms with Gasteiger partial charge >= 0.3 is 0 Å². The quantitative estimate of drug-likeness (QED) is 0.548. The smallest absolute Gasteiger partial charge is 0.290 e. The van der Waals surface area contributed by atoms with E-state index in [1.165, 1.54) is 18.9 Å². The van der Waals surface area contributed by atoms with Crippen LogP contribution in [-0.4, -0.2) is 46.8 Å². The summed E-state index contributed by atoms with van der Waals surface area (Å²) in [5, 5.41) is 16.6. The van der Waals surface area contributed by atoms with Gasteiger partial charge in [-0.15, -0.1) is 11.8 Å². The van der Waals surface area contributed by atoms with E-state index in [-0.39, 0.29) is 12.4 Å². The molecule has 15 heavy (non-hydrogen) atoms. The summed E-state index contributed by atoms with van der Waals surface area (Å²) in [6.45, 7) is 1.70. The van der Waals surface area contributed by atoms with Gasteiger partial charge in [-0.1, -0.05) is 6.92 Å². The Morgan fingerprint density at radius 3 is 2.60 bits per heavy atom. The van der Waals surface area contributed by atoms with E-state index >= 15 is 0 Å². The van der Waals surface area contributed by atoms with Gasteiger partial charge in [0.2, 0.25) is 0 Å². The maximum Gasteiger partial charge on any atom is 0.290 e. The van der Waals surface area contributed by atoms with Crippen LogP contribution in [-0.2, 0) is 14.3 Å². The van der Waals surface area contributed by atoms with E-state index in [1.54, 1.807) is 6.08 Å². The van der Waals surface area contributed by atoms with E-state index in [0.717, 1.165) is 5.75 Å². The van der Waals surface area contributed by atoms with Gasteiger partial charge in [-0.2, -0.15) is 5.06 Å². The Balaban J connectivity index is 0.000000583. The van der Waals surface area contributed by atoms with Gasteiger partial charge in [0.25, 0.3) is 12.4 Å². The van der Waals surface area contributed by atoms with Crippen molar-refractivity contribution in [2.24, 2.45) is 0 Å². The first kappa shape index (κ1) is 13.9. The molecule has 0 aromatic carbocycles. The Bertz CT molecular complexity index is 255. The lowest BCUT2D eigenvalue weighted by Crippen LogP contribution is -2.31. The van der Waals surface area contributed by atoms with Crippen molar-refractivity contribution in [3.05, 3.63) is 11.0 Å². The Morgan fingerprint density at radius 2 is 2.27 bits per heavy atom. The Hall–Kier alpha value is -1.05. The van der Waals surface area contributed by atoms with Crippen molar-refractivity contribution in [3.8, 4) is 0 Å². The number of ether oxygens (including phenoxy) is 1. The van der Waals surface area contributed by atoms with Crippen molar-refractivity contribution in [2.75, 3.05) is 12.9 Å². The van der Waals surface area contributed by atoms with Gasteiger partial charge in [-0.3, -0.25) is 14.8 Å². The number of nitrogens with zero attached hydrogens (tertiary/aromatic N) is 1. The molecule has 1 aliphatic heterocycles. The maximum atomic E-state index is 11.2. The molecule has 7 heteroatoms. The molecule has 1 unspecified atom stereocenters. The molecular formula is C8H13NO5S. The van der Waals surface area contributed by atoms with Crippen LogP contribution in [0.4, 0.5) is 0 Å². The predicted octanol–water partition coefficient (Wildman–Crippen LogP) is 0.528. The fraction of sp³-hybridized carbons (Fsp3) is 0.500. The number of carboxylic acid groups (broad SMARTS) is 1. The van der Waals surface area contributed by atoms with Crippen molar-refractivity contribution < 1.29 is 24.6 Å². The van der Waals surface area contributed by atoms with Gasteiger partial charge in [0.05, 0.1) is 4.91 Å². The van der Waals surface area contributed by atoms with Crippen LogP contribution in [0, 0.1) is 0 Å². The number of amides is 1. The molecule has 6 nitrogen and oxygen atoms in total. The van der Waals surface area contributed by atoms with E-state index < -0.39 is 6.23 Å². The first-order chi connectivity index (χ1) is 7.12. The number of rotatable bonds is 3. The molecule has 0 aliphatic carbocycles. The third kappa shape index (κ3) is 3.90. The zero-order valence-electron chi connectivity index (χ0n) is 8.41. The molecule has 0 saturated carbocycles. The Labute approximate surface area is 91.5 Å². The van der Waals surface area contributed by atoms with Crippen molar-refractivity contribution in [3.63, 3.8) is 0 Å². The van der Waals surface area contributed by atoms with Crippen molar-refractivity contribution in [2.45, 2.75) is 13.2 Å². The number of hydroxylamine groups is 2. The minimum Gasteiger partial charge on any atom is -0.483 e. The van der Waals surface area contributed by atoms with Crippen molar-refractivity contribution >= 4 is 24.1 Å². The van der Waals surface area contributed by atoms with Crippen molar-refractivity contribution in [1.82, 2.24) is 5.06 Å². The normalized spacial score (nSPS) is 19.4. The minimum absolute atomic E-state index is 0.250. The number of thioether (sulfide) groups is 1. The monoisotopic (exact) mass is 235 g/mol. The van der Waals surface area contributed by atoms with Crippen LogP contribution in [0.15, 0.2) is 11.0 Å². The first-order valence-electron chi connectivity index (χ1n) is 4.10. The standard InChI is InChI=1S/C7H11NO3S.CH2O2/c1-3-12-5-4-6(11-2)8(10)7(5)9;2-1-3/h4,6,10H,3H2,1-2H3;1H,(H,2,3). The summed E-state index contributed by atoms with van der Waals surface area (Å²) < 4.78 is 4.84. The lowest BCUT2D eigenvalue weighted by molar-refractivity contribution is -0.190. The summed E-state index contributed by atoms with van der Waals surface area (Å²) in [6, 6.07) is 0. The molecule has 1 rings (SSSR count). The van der Waals surface area contributed by atoms with Crippen LogP contribution in [0.2, 0.25) is 0 Å². The summed E-state index contributed by atoms with van der Waals surface area (Å²) in [7, 11) is 1.44. The summed E-state index contributed by atoms with van der Waals surface area (Å²) in [5.41, 5.74) is 0. The van der Waals surface area contributed by atoms with Gasteiger partial charge in [0, 0.05) is 7.11 Å². The van der Waals surface area contributed by atoms with E-state index in [2.05, 4.69) is 0 Å². The molecule has 0 spiro atoms. The third-order valence-electron chi connectivity index (χ3n) is 1.50. The minimum atomic E-state index is -0.619. The highest BCUT2D eigenvalue weighted by molar-refractivity contribution is 8.03. The molecule has 0 fully saturated rings. The van der Waals surface area contributed by atoms with Gasteiger partial charge in [-0.25, -0.2) is 0 Å².